The van der Waals surface area contributed by atoms with Crippen molar-refractivity contribution in [3.8, 4) is 0 Å². The molecule has 0 N–H and O–H groups in total. The zero-order valence-electron chi connectivity index (χ0n) is 16.2. The van der Waals surface area contributed by atoms with Crippen LogP contribution in [0.3, 0.4) is 0 Å². The maximum absolute atomic E-state index is 11.4. The summed E-state index contributed by atoms with van der Waals surface area (Å²) in [4.78, 5) is 23.2. The minimum absolute atomic E-state index is 0.00577. The third-order valence-electron chi connectivity index (χ3n) is 4.54. The van der Waals surface area contributed by atoms with Gasteiger partial charge in [-0.3, -0.25) is 20.2 Å². The van der Waals surface area contributed by atoms with Crippen LogP contribution in [0.1, 0.15) is 50.7 Å². The third-order valence-corrected chi connectivity index (χ3v) is 6.75. The number of halogens is 2. The highest BCUT2D eigenvalue weighted by Gasteiger charge is 2.23. The molecule has 156 valence electrons. The van der Waals surface area contributed by atoms with Crippen molar-refractivity contribution in [3.63, 3.8) is 0 Å². The van der Waals surface area contributed by atoms with Gasteiger partial charge in [0.05, 0.1) is 19.9 Å². The summed E-state index contributed by atoms with van der Waals surface area (Å²) in [6, 6.07) is 6.11. The molecule has 0 spiro atoms. The summed E-state index contributed by atoms with van der Waals surface area (Å²) in [5.74, 6) is 0. The van der Waals surface area contributed by atoms with Crippen LogP contribution in [0, 0.1) is 20.2 Å². The first-order chi connectivity index (χ1) is 13.8. The fraction of sp³-hybridized carbons (Fsp3) is 0.400. The average Bonchev–Trinajstić information content (AvgIpc) is 2.68. The van der Waals surface area contributed by atoms with Crippen molar-refractivity contribution in [1.29, 1.82) is 0 Å². The molecule has 0 bridgehead atoms. The lowest BCUT2D eigenvalue weighted by molar-refractivity contribution is -0.385. The molecule has 0 radical (unpaired) electrons. The molecule has 0 aliphatic carbocycles. The van der Waals surface area contributed by atoms with Crippen LogP contribution < -0.4 is 0 Å². The fourth-order valence-electron chi connectivity index (χ4n) is 2.98. The Morgan fingerprint density at radius 1 is 0.793 bits per heavy atom. The summed E-state index contributed by atoms with van der Waals surface area (Å²) in [6.45, 7) is 4.01. The van der Waals surface area contributed by atoms with Gasteiger partial charge in [-0.1, -0.05) is 61.7 Å². The molecule has 0 atom stereocenters. The molecule has 0 fully saturated rings. The van der Waals surface area contributed by atoms with Gasteiger partial charge in [0.1, 0.15) is 0 Å². The minimum Gasteiger partial charge on any atom is -0.258 e. The molecule has 0 saturated carbocycles. The lowest BCUT2D eigenvalue weighted by atomic mass is 10.1. The van der Waals surface area contributed by atoms with Crippen molar-refractivity contribution < 1.29 is 9.85 Å². The second-order valence-corrected chi connectivity index (χ2v) is 8.41. The molecule has 9 heteroatoms. The van der Waals surface area contributed by atoms with Crippen LogP contribution in [0.5, 0.6) is 0 Å². The van der Waals surface area contributed by atoms with Crippen molar-refractivity contribution in [2.45, 2.75) is 62.2 Å². The molecule has 2 aromatic carbocycles. The van der Waals surface area contributed by atoms with Crippen molar-refractivity contribution in [1.82, 2.24) is 0 Å². The van der Waals surface area contributed by atoms with Gasteiger partial charge in [0.2, 0.25) is 0 Å². The first-order valence-electron chi connectivity index (χ1n) is 9.41. The molecule has 29 heavy (non-hydrogen) atoms. The zero-order valence-corrected chi connectivity index (χ0v) is 18.6. The van der Waals surface area contributed by atoms with E-state index in [-0.39, 0.29) is 11.4 Å². The van der Waals surface area contributed by atoms with Crippen molar-refractivity contribution >= 4 is 46.3 Å². The molecule has 2 rings (SSSR count). The largest absolute Gasteiger partial charge is 0.274 e. The van der Waals surface area contributed by atoms with E-state index in [9.17, 15) is 20.2 Å². The SMILES string of the molecule is CCCCc1c([N+](=O)[O-])ccc(Sc2ccc([N+](=O)[O-])c(CCCC)c2Cl)c1Cl. The monoisotopic (exact) mass is 456 g/mol. The van der Waals surface area contributed by atoms with Crippen LogP contribution in [0.2, 0.25) is 10.0 Å². The Morgan fingerprint density at radius 3 is 1.48 bits per heavy atom. The maximum atomic E-state index is 11.4. The van der Waals surface area contributed by atoms with E-state index in [1.54, 1.807) is 12.1 Å². The van der Waals surface area contributed by atoms with Crippen LogP contribution in [0.4, 0.5) is 11.4 Å². The van der Waals surface area contributed by atoms with E-state index >= 15 is 0 Å². The Bertz CT molecular complexity index is 848. The Morgan fingerprint density at radius 2 is 1.17 bits per heavy atom. The summed E-state index contributed by atoms with van der Waals surface area (Å²) in [5.41, 5.74) is 1.03. The van der Waals surface area contributed by atoms with E-state index in [0.717, 1.165) is 25.7 Å². The van der Waals surface area contributed by atoms with E-state index < -0.39 is 9.85 Å². The summed E-state index contributed by atoms with van der Waals surface area (Å²) >= 11 is 14.3. The van der Waals surface area contributed by atoms with Gasteiger partial charge in [-0.25, -0.2) is 0 Å². The number of rotatable bonds is 10. The highest BCUT2D eigenvalue weighted by atomic mass is 35.5. The Hall–Kier alpha value is -1.83. The number of nitro groups is 2. The van der Waals surface area contributed by atoms with Gasteiger partial charge in [-0.05, 0) is 37.8 Å². The third kappa shape index (κ3) is 5.62. The normalized spacial score (nSPS) is 10.9. The molecule has 0 aliphatic rings. The van der Waals surface area contributed by atoms with Gasteiger partial charge in [-0.15, -0.1) is 0 Å². The Kier molecular flexibility index (Phi) is 8.74. The van der Waals surface area contributed by atoms with Gasteiger partial charge in [0.15, 0.2) is 0 Å². The lowest BCUT2D eigenvalue weighted by Crippen LogP contribution is -1.99. The molecule has 0 aliphatic heterocycles. The molecule has 0 heterocycles. The molecule has 2 aromatic rings. The quantitative estimate of drug-likeness (QED) is 0.270. The van der Waals surface area contributed by atoms with Crippen LogP contribution in [-0.2, 0) is 12.8 Å². The second-order valence-electron chi connectivity index (χ2n) is 6.57. The highest BCUT2D eigenvalue weighted by molar-refractivity contribution is 7.99. The Labute approximate surface area is 183 Å². The van der Waals surface area contributed by atoms with Gasteiger partial charge in [0.25, 0.3) is 11.4 Å². The molecule has 0 aromatic heterocycles. The van der Waals surface area contributed by atoms with Gasteiger partial charge < -0.3 is 0 Å². The second kappa shape index (κ2) is 10.8. The average molecular weight is 457 g/mol. The van der Waals surface area contributed by atoms with Crippen LogP contribution >= 0.6 is 35.0 Å². The number of unbranched alkanes of at least 4 members (excludes halogenated alkanes) is 2. The van der Waals surface area contributed by atoms with E-state index in [2.05, 4.69) is 0 Å². The van der Waals surface area contributed by atoms with Crippen LogP contribution in [-0.4, -0.2) is 9.85 Å². The van der Waals surface area contributed by atoms with Gasteiger partial charge in [0, 0.05) is 33.1 Å². The highest BCUT2D eigenvalue weighted by Crippen LogP contribution is 2.44. The molecular weight excluding hydrogens is 435 g/mol. The Balaban J connectivity index is 2.48. The molecule has 0 unspecified atom stereocenters. The van der Waals surface area contributed by atoms with E-state index in [1.807, 2.05) is 13.8 Å². The molecule has 6 nitrogen and oxygen atoms in total. The first kappa shape index (κ1) is 23.4. The van der Waals surface area contributed by atoms with E-state index in [4.69, 9.17) is 23.2 Å². The topological polar surface area (TPSA) is 86.3 Å². The number of nitro benzene ring substituents is 2. The number of hydrogen-bond donors (Lipinski definition) is 0. The number of hydrogen-bond acceptors (Lipinski definition) is 5. The zero-order chi connectivity index (χ0) is 21.6. The first-order valence-corrected chi connectivity index (χ1v) is 11.0. The van der Waals surface area contributed by atoms with E-state index in [0.29, 0.717) is 43.8 Å². The lowest BCUT2D eigenvalue weighted by Gasteiger charge is -2.13. The van der Waals surface area contributed by atoms with Crippen LogP contribution in [0.15, 0.2) is 34.1 Å². The van der Waals surface area contributed by atoms with Crippen LogP contribution in [0.25, 0.3) is 0 Å². The van der Waals surface area contributed by atoms with Gasteiger partial charge >= 0.3 is 0 Å². The fourth-order valence-corrected chi connectivity index (χ4v) is 4.65. The molecular formula is C20H22Cl2N2O4S. The smallest absolute Gasteiger partial charge is 0.258 e. The van der Waals surface area contributed by atoms with Crippen molar-refractivity contribution in [3.05, 3.63) is 65.7 Å². The standard InChI is InChI=1S/C20H22Cl2N2O4S/c1-3-5-7-13-15(23(25)26)9-11-17(19(13)21)29-18-12-10-16(24(27)28)14(20(18)22)8-6-4-2/h9-12H,3-8H2,1-2H3. The van der Waals surface area contributed by atoms with E-state index in [1.165, 1.54) is 23.9 Å². The molecule has 0 amide bonds. The summed E-state index contributed by atoms with van der Waals surface area (Å²) in [6.07, 6.45) is 4.37. The van der Waals surface area contributed by atoms with Gasteiger partial charge in [-0.2, -0.15) is 0 Å². The molecule has 0 saturated heterocycles. The maximum Gasteiger partial charge on any atom is 0.274 e. The van der Waals surface area contributed by atoms with Crippen molar-refractivity contribution in [2.75, 3.05) is 0 Å². The predicted molar refractivity (Wildman–Crippen MR) is 118 cm³/mol. The summed E-state index contributed by atoms with van der Waals surface area (Å²) < 4.78 is 0. The van der Waals surface area contributed by atoms with Crippen molar-refractivity contribution in [2.24, 2.45) is 0 Å². The summed E-state index contributed by atoms with van der Waals surface area (Å²) in [7, 11) is 0. The minimum atomic E-state index is -0.424. The number of nitrogens with zero attached hydrogens (tertiary/aromatic N) is 2. The number of benzene rings is 2. The predicted octanol–water partition coefficient (Wildman–Crippen LogP) is 7.65. The summed E-state index contributed by atoms with van der Waals surface area (Å²) in [5, 5.41) is 23.4.